The summed E-state index contributed by atoms with van der Waals surface area (Å²) in [7, 11) is 1.61. The molecule has 5 rings (SSSR count). The van der Waals surface area contributed by atoms with Gasteiger partial charge >= 0.3 is 0 Å². The Morgan fingerprint density at radius 3 is 2.34 bits per heavy atom. The Balaban J connectivity index is 1.35. The summed E-state index contributed by atoms with van der Waals surface area (Å²) in [5, 5.41) is 13.1. The molecule has 1 heterocycles. The zero-order valence-corrected chi connectivity index (χ0v) is 19.1. The minimum absolute atomic E-state index is 0.0282. The maximum absolute atomic E-state index is 13.1. The van der Waals surface area contributed by atoms with Crippen molar-refractivity contribution in [1.29, 1.82) is 0 Å². The standard InChI is InChI=1S/C28H23N3O4/c1-33-23-13-11-20(12-14-23)28-31-30-26(35-28)18-34-25-16-22-10-6-5-9-21(22)15-24(25)27(32)29-17-19-7-3-2-4-8-19/h2-16H,17-18H2,1H3,(H,29,32). The molecule has 1 N–H and O–H groups in total. The maximum atomic E-state index is 13.1. The zero-order chi connectivity index (χ0) is 24.0. The van der Waals surface area contributed by atoms with Crippen LogP contribution in [0.2, 0.25) is 0 Å². The van der Waals surface area contributed by atoms with Gasteiger partial charge < -0.3 is 19.2 Å². The Morgan fingerprint density at radius 1 is 0.886 bits per heavy atom. The van der Waals surface area contributed by atoms with Gasteiger partial charge in [0.25, 0.3) is 11.8 Å². The highest BCUT2D eigenvalue weighted by molar-refractivity contribution is 6.01. The van der Waals surface area contributed by atoms with Crippen LogP contribution in [0, 0.1) is 0 Å². The molecule has 0 atom stereocenters. The molecule has 0 radical (unpaired) electrons. The molecule has 0 saturated heterocycles. The Hall–Kier alpha value is -4.65. The third-order valence-corrected chi connectivity index (χ3v) is 5.54. The van der Waals surface area contributed by atoms with E-state index in [0.29, 0.717) is 29.6 Å². The van der Waals surface area contributed by atoms with Crippen molar-refractivity contribution in [2.24, 2.45) is 0 Å². The normalized spacial score (nSPS) is 10.8. The summed E-state index contributed by atoms with van der Waals surface area (Å²) >= 11 is 0. The first-order valence-electron chi connectivity index (χ1n) is 11.1. The predicted molar refractivity (Wildman–Crippen MR) is 132 cm³/mol. The second-order valence-electron chi connectivity index (χ2n) is 7.88. The van der Waals surface area contributed by atoms with Gasteiger partial charge in [-0.3, -0.25) is 4.79 Å². The van der Waals surface area contributed by atoms with E-state index in [1.54, 1.807) is 7.11 Å². The summed E-state index contributed by atoms with van der Waals surface area (Å²) < 4.78 is 17.0. The number of carbonyl (C=O) groups excluding carboxylic acids is 1. The number of ether oxygens (including phenoxy) is 2. The van der Waals surface area contributed by atoms with E-state index in [0.717, 1.165) is 27.6 Å². The number of fused-ring (bicyclic) bond motifs is 1. The lowest BCUT2D eigenvalue weighted by molar-refractivity contribution is 0.0946. The summed E-state index contributed by atoms with van der Waals surface area (Å²) in [5.74, 6) is 1.65. The molecule has 0 spiro atoms. The Bertz CT molecular complexity index is 1450. The lowest BCUT2D eigenvalue weighted by Crippen LogP contribution is -2.23. The van der Waals surface area contributed by atoms with Gasteiger partial charge in [0.05, 0.1) is 12.7 Å². The van der Waals surface area contributed by atoms with Crippen LogP contribution >= 0.6 is 0 Å². The van der Waals surface area contributed by atoms with Gasteiger partial charge in [-0.25, -0.2) is 0 Å². The summed E-state index contributed by atoms with van der Waals surface area (Å²) in [6.07, 6.45) is 0. The molecule has 35 heavy (non-hydrogen) atoms. The molecule has 0 fully saturated rings. The molecule has 5 aromatic rings. The molecule has 0 aliphatic carbocycles. The van der Waals surface area contributed by atoms with Crippen LogP contribution in [0.25, 0.3) is 22.2 Å². The molecule has 0 saturated carbocycles. The van der Waals surface area contributed by atoms with Crippen molar-refractivity contribution >= 4 is 16.7 Å². The van der Waals surface area contributed by atoms with E-state index in [2.05, 4.69) is 15.5 Å². The number of amides is 1. The van der Waals surface area contributed by atoms with E-state index >= 15 is 0 Å². The van der Waals surface area contributed by atoms with E-state index in [4.69, 9.17) is 13.9 Å². The highest BCUT2D eigenvalue weighted by Crippen LogP contribution is 2.28. The number of nitrogens with zero attached hydrogens (tertiary/aromatic N) is 2. The number of methoxy groups -OCH3 is 1. The topological polar surface area (TPSA) is 86.5 Å². The fourth-order valence-electron chi connectivity index (χ4n) is 3.69. The van der Waals surface area contributed by atoms with Crippen LogP contribution < -0.4 is 14.8 Å². The molecule has 7 nitrogen and oxygen atoms in total. The summed E-state index contributed by atoms with van der Waals surface area (Å²) in [6.45, 7) is 0.446. The van der Waals surface area contributed by atoms with Gasteiger partial charge in [0.1, 0.15) is 11.5 Å². The van der Waals surface area contributed by atoms with E-state index < -0.39 is 0 Å². The van der Waals surface area contributed by atoms with Gasteiger partial charge in [0, 0.05) is 12.1 Å². The second-order valence-corrected chi connectivity index (χ2v) is 7.88. The average molecular weight is 466 g/mol. The number of carbonyl (C=O) groups is 1. The number of aromatic nitrogens is 2. The van der Waals surface area contributed by atoms with Crippen molar-refractivity contribution in [2.45, 2.75) is 13.2 Å². The third-order valence-electron chi connectivity index (χ3n) is 5.54. The molecule has 1 amide bonds. The van der Waals surface area contributed by atoms with Crippen molar-refractivity contribution in [2.75, 3.05) is 7.11 Å². The molecule has 0 bridgehead atoms. The number of nitrogens with one attached hydrogen (secondary N) is 1. The van der Waals surface area contributed by atoms with Gasteiger partial charge in [-0.1, -0.05) is 54.6 Å². The second kappa shape index (κ2) is 10.1. The fraction of sp³-hybridized carbons (Fsp3) is 0.107. The lowest BCUT2D eigenvalue weighted by atomic mass is 10.1. The lowest BCUT2D eigenvalue weighted by Gasteiger charge is -2.12. The van der Waals surface area contributed by atoms with Crippen LogP contribution in [0.3, 0.4) is 0 Å². The van der Waals surface area contributed by atoms with Crippen LogP contribution in [0.5, 0.6) is 11.5 Å². The van der Waals surface area contributed by atoms with E-state index in [1.807, 2.05) is 91.0 Å². The summed E-state index contributed by atoms with van der Waals surface area (Å²) in [4.78, 5) is 13.1. The SMILES string of the molecule is COc1ccc(-c2nnc(COc3cc4ccccc4cc3C(=O)NCc3ccccc3)o2)cc1. The molecule has 1 aromatic heterocycles. The highest BCUT2D eigenvalue weighted by atomic mass is 16.5. The first-order valence-corrected chi connectivity index (χ1v) is 11.1. The van der Waals surface area contributed by atoms with Crippen molar-refractivity contribution < 1.29 is 18.7 Å². The Labute approximate surface area is 202 Å². The minimum Gasteiger partial charge on any atom is -0.497 e. The minimum atomic E-state index is -0.223. The van der Waals surface area contributed by atoms with Gasteiger partial charge in [0.2, 0.25) is 5.89 Å². The maximum Gasteiger partial charge on any atom is 0.255 e. The van der Waals surface area contributed by atoms with E-state index in [-0.39, 0.29) is 12.5 Å². The van der Waals surface area contributed by atoms with Gasteiger partial charge in [-0.05, 0) is 52.7 Å². The average Bonchev–Trinajstić information content (AvgIpc) is 3.40. The van der Waals surface area contributed by atoms with Crippen molar-refractivity contribution in [3.63, 3.8) is 0 Å². The Morgan fingerprint density at radius 2 is 1.60 bits per heavy atom. The Kier molecular flexibility index (Phi) is 6.39. The monoisotopic (exact) mass is 465 g/mol. The first-order chi connectivity index (χ1) is 17.2. The smallest absolute Gasteiger partial charge is 0.255 e. The van der Waals surface area contributed by atoms with Crippen molar-refractivity contribution in [3.8, 4) is 23.0 Å². The quantitative estimate of drug-likeness (QED) is 0.330. The molecule has 0 aliphatic heterocycles. The van der Waals surface area contributed by atoms with E-state index in [9.17, 15) is 4.79 Å². The molecule has 4 aromatic carbocycles. The number of rotatable bonds is 8. The van der Waals surface area contributed by atoms with Gasteiger partial charge in [0.15, 0.2) is 6.61 Å². The van der Waals surface area contributed by atoms with Crippen LogP contribution in [-0.4, -0.2) is 23.2 Å². The van der Waals surface area contributed by atoms with Crippen LogP contribution in [0.15, 0.2) is 95.4 Å². The van der Waals surface area contributed by atoms with Crippen LogP contribution in [0.1, 0.15) is 21.8 Å². The largest absolute Gasteiger partial charge is 0.497 e. The molecular weight excluding hydrogens is 442 g/mol. The fourth-order valence-corrected chi connectivity index (χ4v) is 3.69. The number of hydrogen-bond donors (Lipinski definition) is 1. The molecule has 0 aliphatic rings. The summed E-state index contributed by atoms with van der Waals surface area (Å²) in [6, 6.07) is 28.6. The van der Waals surface area contributed by atoms with Crippen molar-refractivity contribution in [3.05, 3.63) is 108 Å². The van der Waals surface area contributed by atoms with E-state index in [1.165, 1.54) is 0 Å². The third kappa shape index (κ3) is 5.14. The van der Waals surface area contributed by atoms with Crippen LogP contribution in [-0.2, 0) is 13.2 Å². The van der Waals surface area contributed by atoms with Gasteiger partial charge in [-0.15, -0.1) is 10.2 Å². The number of hydrogen-bond acceptors (Lipinski definition) is 6. The highest BCUT2D eigenvalue weighted by Gasteiger charge is 2.16. The number of benzene rings is 4. The molecular formula is C28H23N3O4. The van der Waals surface area contributed by atoms with Gasteiger partial charge in [-0.2, -0.15) is 0 Å². The van der Waals surface area contributed by atoms with Crippen molar-refractivity contribution in [1.82, 2.24) is 15.5 Å². The summed E-state index contributed by atoms with van der Waals surface area (Å²) in [5.41, 5.74) is 2.23. The molecule has 7 heteroatoms. The zero-order valence-electron chi connectivity index (χ0n) is 19.1. The molecule has 0 unspecified atom stereocenters. The predicted octanol–water partition coefficient (Wildman–Crippen LogP) is 5.41. The molecule has 174 valence electrons. The first kappa shape index (κ1) is 22.2. The van der Waals surface area contributed by atoms with Crippen LogP contribution in [0.4, 0.5) is 0 Å².